The Hall–Kier alpha value is -1.15. The number of carboxylic acids is 1. The molecule has 20 heavy (non-hydrogen) atoms. The molecule has 0 atom stereocenters. The lowest BCUT2D eigenvalue weighted by Crippen LogP contribution is -2.44. The first kappa shape index (κ1) is 18.9. The first-order valence-electron chi connectivity index (χ1n) is 6.64. The van der Waals surface area contributed by atoms with Gasteiger partial charge >= 0.3 is 5.97 Å². The monoisotopic (exact) mass is 308 g/mol. The Morgan fingerprint density at radius 2 is 1.65 bits per heavy atom. The lowest BCUT2D eigenvalue weighted by Gasteiger charge is -2.27. The van der Waals surface area contributed by atoms with E-state index in [-0.39, 0.29) is 19.0 Å². The van der Waals surface area contributed by atoms with Crippen molar-refractivity contribution < 1.29 is 23.1 Å². The van der Waals surface area contributed by atoms with Crippen LogP contribution in [0.4, 0.5) is 0 Å². The number of carbonyl (C=O) groups is 2. The summed E-state index contributed by atoms with van der Waals surface area (Å²) in [5.74, 6) is -2.20. The Morgan fingerprint density at radius 3 is 2.00 bits per heavy atom. The predicted octanol–water partition coefficient (Wildman–Crippen LogP) is 0.370. The molecule has 0 aromatic heterocycles. The third-order valence-corrected chi connectivity index (χ3v) is 4.83. The molecule has 0 aliphatic heterocycles. The van der Waals surface area contributed by atoms with Gasteiger partial charge in [-0.3, -0.25) is 9.59 Å². The van der Waals surface area contributed by atoms with Crippen LogP contribution in [0.5, 0.6) is 0 Å². The second kappa shape index (κ2) is 8.21. The van der Waals surface area contributed by atoms with Crippen LogP contribution in [-0.4, -0.2) is 66.0 Å². The fourth-order valence-electron chi connectivity index (χ4n) is 1.83. The van der Waals surface area contributed by atoms with Crippen LogP contribution in [0.3, 0.4) is 0 Å². The van der Waals surface area contributed by atoms with Crippen LogP contribution in [0, 0.1) is 0 Å². The van der Waals surface area contributed by atoms with E-state index < -0.39 is 27.7 Å². The van der Waals surface area contributed by atoms with Gasteiger partial charge in [0.05, 0.1) is 6.42 Å². The van der Waals surface area contributed by atoms with Crippen molar-refractivity contribution in [3.63, 3.8) is 0 Å². The van der Waals surface area contributed by atoms with Crippen molar-refractivity contribution in [3.8, 4) is 0 Å². The molecule has 1 N–H and O–H groups in total. The number of amides is 1. The second-order valence-corrected chi connectivity index (χ2v) is 6.63. The predicted molar refractivity (Wildman–Crippen MR) is 75.8 cm³/mol. The zero-order valence-electron chi connectivity index (χ0n) is 12.5. The Morgan fingerprint density at radius 1 is 1.15 bits per heavy atom. The van der Waals surface area contributed by atoms with Crippen LogP contribution in [0.25, 0.3) is 0 Å². The molecule has 8 heteroatoms. The van der Waals surface area contributed by atoms with Crippen molar-refractivity contribution in [2.24, 2.45) is 0 Å². The minimum atomic E-state index is -3.64. The number of hydrogen-bond acceptors (Lipinski definition) is 4. The number of aliphatic carboxylic acids is 1. The van der Waals surface area contributed by atoms with Gasteiger partial charge in [0.25, 0.3) is 0 Å². The number of hydrogen-bond donors (Lipinski definition) is 1. The zero-order chi connectivity index (χ0) is 15.9. The van der Waals surface area contributed by atoms with Crippen molar-refractivity contribution in [3.05, 3.63) is 0 Å². The van der Waals surface area contributed by atoms with Crippen LogP contribution >= 0.6 is 0 Å². The molecule has 0 heterocycles. The molecule has 0 aliphatic carbocycles. The Kier molecular flexibility index (Phi) is 7.74. The number of carbonyl (C=O) groups excluding carboxylic acids is 1. The maximum Gasteiger partial charge on any atom is 0.305 e. The summed E-state index contributed by atoms with van der Waals surface area (Å²) < 4.78 is 25.3. The highest BCUT2D eigenvalue weighted by atomic mass is 32.2. The van der Waals surface area contributed by atoms with Crippen LogP contribution < -0.4 is 0 Å². The second-order valence-electron chi connectivity index (χ2n) is 4.67. The van der Waals surface area contributed by atoms with Gasteiger partial charge in [0.2, 0.25) is 15.9 Å². The minimum Gasteiger partial charge on any atom is -0.481 e. The molecule has 1 amide bonds. The maximum atomic E-state index is 12.1. The van der Waals surface area contributed by atoms with Crippen LogP contribution in [-0.2, 0) is 19.6 Å². The van der Waals surface area contributed by atoms with Crippen LogP contribution in [0.15, 0.2) is 0 Å². The molecule has 0 bridgehead atoms. The SMILES string of the molecule is CCN(CC)S(=O)(=O)CC(=O)N(CCC(=O)O)C(C)C. The number of carboxylic acid groups (broad SMARTS) is 1. The lowest BCUT2D eigenvalue weighted by atomic mass is 10.3. The summed E-state index contributed by atoms with van der Waals surface area (Å²) in [5, 5.41) is 8.66. The van der Waals surface area contributed by atoms with Gasteiger partial charge in [0, 0.05) is 25.7 Å². The van der Waals surface area contributed by atoms with E-state index >= 15 is 0 Å². The lowest BCUT2D eigenvalue weighted by molar-refractivity contribution is -0.138. The van der Waals surface area contributed by atoms with Gasteiger partial charge in [-0.1, -0.05) is 13.8 Å². The summed E-state index contributed by atoms with van der Waals surface area (Å²) in [7, 11) is -3.64. The molecule has 0 radical (unpaired) electrons. The summed E-state index contributed by atoms with van der Waals surface area (Å²) in [4.78, 5) is 23.9. The third-order valence-electron chi connectivity index (χ3n) is 2.91. The van der Waals surface area contributed by atoms with E-state index in [1.165, 1.54) is 9.21 Å². The van der Waals surface area contributed by atoms with Gasteiger partial charge in [0.1, 0.15) is 5.75 Å². The highest BCUT2D eigenvalue weighted by Crippen LogP contribution is 2.07. The summed E-state index contributed by atoms with van der Waals surface area (Å²) >= 11 is 0. The normalized spacial score (nSPS) is 11.9. The fraction of sp³-hybridized carbons (Fsp3) is 0.833. The molecule has 7 nitrogen and oxygen atoms in total. The molecule has 0 rings (SSSR count). The molecule has 0 fully saturated rings. The Balaban J connectivity index is 4.88. The smallest absolute Gasteiger partial charge is 0.305 e. The average Bonchev–Trinajstić information content (AvgIpc) is 2.28. The molecule has 0 aliphatic rings. The quantitative estimate of drug-likeness (QED) is 0.664. The minimum absolute atomic E-state index is 0.0135. The molecule has 0 aromatic rings. The highest BCUT2D eigenvalue weighted by Gasteiger charge is 2.27. The van der Waals surface area contributed by atoms with Crippen LogP contribution in [0.2, 0.25) is 0 Å². The van der Waals surface area contributed by atoms with Crippen molar-refractivity contribution in [1.82, 2.24) is 9.21 Å². The summed E-state index contributed by atoms with van der Waals surface area (Å²) in [5.41, 5.74) is 0. The van der Waals surface area contributed by atoms with E-state index in [0.29, 0.717) is 13.1 Å². The van der Waals surface area contributed by atoms with E-state index in [0.717, 1.165) is 0 Å². The van der Waals surface area contributed by atoms with Gasteiger partial charge in [-0.15, -0.1) is 0 Å². The highest BCUT2D eigenvalue weighted by molar-refractivity contribution is 7.89. The van der Waals surface area contributed by atoms with Gasteiger partial charge in [-0.25, -0.2) is 12.7 Å². The van der Waals surface area contributed by atoms with Crippen molar-refractivity contribution in [2.75, 3.05) is 25.4 Å². The fourth-order valence-corrected chi connectivity index (χ4v) is 3.28. The summed E-state index contributed by atoms with van der Waals surface area (Å²) in [6, 6.07) is -0.242. The van der Waals surface area contributed by atoms with Crippen LogP contribution in [0.1, 0.15) is 34.1 Å². The topological polar surface area (TPSA) is 95.0 Å². The van der Waals surface area contributed by atoms with Gasteiger partial charge in [0.15, 0.2) is 0 Å². The Bertz CT molecular complexity index is 429. The molecule has 118 valence electrons. The molecule has 0 saturated heterocycles. The maximum absolute atomic E-state index is 12.1. The van der Waals surface area contributed by atoms with E-state index in [9.17, 15) is 18.0 Å². The van der Waals surface area contributed by atoms with Gasteiger partial charge in [-0.2, -0.15) is 0 Å². The van der Waals surface area contributed by atoms with Gasteiger partial charge in [-0.05, 0) is 13.8 Å². The Labute approximate surface area is 120 Å². The zero-order valence-corrected chi connectivity index (χ0v) is 13.3. The molecule has 0 unspecified atom stereocenters. The van der Waals surface area contributed by atoms with Crippen molar-refractivity contribution in [1.29, 1.82) is 0 Å². The molecular formula is C12H24N2O5S. The van der Waals surface area contributed by atoms with E-state index in [4.69, 9.17) is 5.11 Å². The van der Waals surface area contributed by atoms with Crippen molar-refractivity contribution >= 4 is 21.9 Å². The molecule has 0 aromatic carbocycles. The summed E-state index contributed by atoms with van der Waals surface area (Å²) in [6.45, 7) is 7.49. The van der Waals surface area contributed by atoms with E-state index in [1.807, 2.05) is 0 Å². The molecular weight excluding hydrogens is 284 g/mol. The number of nitrogens with zero attached hydrogens (tertiary/aromatic N) is 2. The van der Waals surface area contributed by atoms with E-state index in [1.54, 1.807) is 27.7 Å². The van der Waals surface area contributed by atoms with Gasteiger partial charge < -0.3 is 10.0 Å². The largest absolute Gasteiger partial charge is 0.481 e. The number of sulfonamides is 1. The molecule has 0 spiro atoms. The van der Waals surface area contributed by atoms with E-state index in [2.05, 4.69) is 0 Å². The summed E-state index contributed by atoms with van der Waals surface area (Å²) in [6.07, 6.45) is -0.199. The third kappa shape index (κ3) is 5.87. The first-order valence-corrected chi connectivity index (χ1v) is 8.25. The average molecular weight is 308 g/mol. The number of rotatable bonds is 9. The van der Waals surface area contributed by atoms with Crippen molar-refractivity contribution in [2.45, 2.75) is 40.2 Å². The standard InChI is InChI=1S/C12H24N2O5S/c1-5-13(6-2)20(18,19)9-11(15)14(10(3)4)8-7-12(16)17/h10H,5-9H2,1-4H3,(H,16,17). The molecule has 0 saturated carbocycles. The first-order chi connectivity index (χ1) is 9.15.